The van der Waals surface area contributed by atoms with Gasteiger partial charge in [-0.2, -0.15) is 0 Å². The molecule has 1 rings (SSSR count). The van der Waals surface area contributed by atoms with Crippen LogP contribution in [-0.2, 0) is 4.74 Å². The number of methoxy groups -OCH3 is 1. The molecule has 1 aromatic carbocycles. The molecule has 18 heavy (non-hydrogen) atoms. The molecule has 0 heterocycles. The first-order chi connectivity index (χ1) is 8.54. The van der Waals surface area contributed by atoms with E-state index in [2.05, 4.69) is 0 Å². The standard InChI is InChI=1S/C13H19F2NO2/c1-9-7-10(17-2)3-4-11(9)12(16)5-6-18-8-13(14)15/h3-4,7,12-13H,5-6,8,16H2,1-2H3. The highest BCUT2D eigenvalue weighted by molar-refractivity contribution is 5.36. The number of nitrogens with two attached hydrogens (primary N) is 1. The van der Waals surface area contributed by atoms with Gasteiger partial charge in [0.2, 0.25) is 0 Å². The number of alkyl halides is 2. The SMILES string of the molecule is COc1ccc(C(N)CCOCC(F)F)c(C)c1. The zero-order chi connectivity index (χ0) is 13.5. The predicted molar refractivity (Wildman–Crippen MR) is 66.1 cm³/mol. The Labute approximate surface area is 106 Å². The second-order valence-corrected chi connectivity index (χ2v) is 4.08. The van der Waals surface area contributed by atoms with E-state index in [9.17, 15) is 8.78 Å². The summed E-state index contributed by atoms with van der Waals surface area (Å²) in [6.45, 7) is 1.64. The summed E-state index contributed by atoms with van der Waals surface area (Å²) in [5, 5.41) is 0. The minimum atomic E-state index is -2.43. The van der Waals surface area contributed by atoms with Crippen molar-refractivity contribution in [1.29, 1.82) is 0 Å². The first kappa shape index (κ1) is 14.9. The van der Waals surface area contributed by atoms with Crippen LogP contribution in [0.15, 0.2) is 18.2 Å². The fourth-order valence-corrected chi connectivity index (χ4v) is 1.73. The molecule has 1 unspecified atom stereocenters. The molecule has 0 amide bonds. The maximum atomic E-state index is 11.9. The van der Waals surface area contributed by atoms with Crippen LogP contribution in [0.5, 0.6) is 5.75 Å². The molecule has 0 aliphatic heterocycles. The van der Waals surface area contributed by atoms with Gasteiger partial charge < -0.3 is 15.2 Å². The van der Waals surface area contributed by atoms with E-state index in [1.807, 2.05) is 25.1 Å². The molecule has 0 aromatic heterocycles. The first-order valence-electron chi connectivity index (χ1n) is 5.80. The molecule has 0 spiro atoms. The highest BCUT2D eigenvalue weighted by Crippen LogP contribution is 2.23. The number of ether oxygens (including phenoxy) is 2. The summed E-state index contributed by atoms with van der Waals surface area (Å²) in [5.41, 5.74) is 8.00. The van der Waals surface area contributed by atoms with Crippen molar-refractivity contribution in [3.05, 3.63) is 29.3 Å². The third-order valence-electron chi connectivity index (χ3n) is 2.69. The van der Waals surface area contributed by atoms with E-state index < -0.39 is 13.0 Å². The number of halogens is 2. The van der Waals surface area contributed by atoms with E-state index in [0.29, 0.717) is 6.42 Å². The van der Waals surface area contributed by atoms with Gasteiger partial charge >= 0.3 is 0 Å². The number of aryl methyl sites for hydroxylation is 1. The van der Waals surface area contributed by atoms with Gasteiger partial charge in [0.15, 0.2) is 0 Å². The highest BCUT2D eigenvalue weighted by atomic mass is 19.3. The minimum Gasteiger partial charge on any atom is -0.497 e. The molecule has 0 radical (unpaired) electrons. The molecule has 0 saturated carbocycles. The van der Waals surface area contributed by atoms with Crippen LogP contribution in [-0.4, -0.2) is 26.7 Å². The van der Waals surface area contributed by atoms with Gasteiger partial charge in [-0.1, -0.05) is 6.07 Å². The predicted octanol–water partition coefficient (Wildman–Crippen LogP) is 2.68. The van der Waals surface area contributed by atoms with Crippen molar-refractivity contribution in [3.63, 3.8) is 0 Å². The number of benzene rings is 1. The van der Waals surface area contributed by atoms with Gasteiger partial charge in [0.1, 0.15) is 12.4 Å². The Hall–Kier alpha value is -1.20. The number of hydrogen-bond acceptors (Lipinski definition) is 3. The van der Waals surface area contributed by atoms with E-state index in [0.717, 1.165) is 16.9 Å². The Morgan fingerprint density at radius 3 is 2.61 bits per heavy atom. The Kier molecular flexibility index (Phi) is 6.01. The monoisotopic (exact) mass is 259 g/mol. The van der Waals surface area contributed by atoms with Crippen molar-refractivity contribution in [2.75, 3.05) is 20.3 Å². The van der Waals surface area contributed by atoms with Gasteiger partial charge in [-0.15, -0.1) is 0 Å². The molecule has 1 atom stereocenters. The summed E-state index contributed by atoms with van der Waals surface area (Å²) in [5.74, 6) is 0.775. The molecule has 0 bridgehead atoms. The molecule has 3 nitrogen and oxygen atoms in total. The summed E-state index contributed by atoms with van der Waals surface area (Å²) in [6.07, 6.45) is -1.91. The lowest BCUT2D eigenvalue weighted by Crippen LogP contribution is -2.15. The zero-order valence-corrected chi connectivity index (χ0v) is 10.7. The minimum absolute atomic E-state index is 0.214. The van der Waals surface area contributed by atoms with Gasteiger partial charge in [0, 0.05) is 12.6 Å². The third kappa shape index (κ3) is 4.58. The number of rotatable bonds is 7. The molecule has 102 valence electrons. The van der Waals surface area contributed by atoms with Gasteiger partial charge in [-0.25, -0.2) is 8.78 Å². The summed E-state index contributed by atoms with van der Waals surface area (Å²) in [6, 6.07) is 5.41. The van der Waals surface area contributed by atoms with E-state index in [-0.39, 0.29) is 12.6 Å². The summed E-state index contributed by atoms with van der Waals surface area (Å²) < 4.78 is 33.6. The average Bonchev–Trinajstić information content (AvgIpc) is 2.33. The topological polar surface area (TPSA) is 44.5 Å². The van der Waals surface area contributed by atoms with Gasteiger partial charge in [-0.05, 0) is 36.6 Å². The summed E-state index contributed by atoms with van der Waals surface area (Å²) in [7, 11) is 1.60. The Morgan fingerprint density at radius 2 is 2.06 bits per heavy atom. The fourth-order valence-electron chi connectivity index (χ4n) is 1.73. The second-order valence-electron chi connectivity index (χ2n) is 4.08. The lowest BCUT2D eigenvalue weighted by atomic mass is 9.99. The largest absolute Gasteiger partial charge is 0.497 e. The quantitative estimate of drug-likeness (QED) is 0.766. The van der Waals surface area contributed by atoms with Crippen molar-refractivity contribution < 1.29 is 18.3 Å². The van der Waals surface area contributed by atoms with Crippen LogP contribution < -0.4 is 10.5 Å². The first-order valence-corrected chi connectivity index (χ1v) is 5.80. The molecule has 1 aromatic rings. The van der Waals surface area contributed by atoms with Crippen LogP contribution in [0.25, 0.3) is 0 Å². The molecule has 0 saturated heterocycles. The second kappa shape index (κ2) is 7.28. The maximum absolute atomic E-state index is 11.9. The normalized spacial score (nSPS) is 12.8. The lowest BCUT2D eigenvalue weighted by Gasteiger charge is -2.15. The highest BCUT2D eigenvalue weighted by Gasteiger charge is 2.10. The number of hydrogen-bond donors (Lipinski definition) is 1. The van der Waals surface area contributed by atoms with E-state index in [1.165, 1.54) is 0 Å². The summed E-state index contributed by atoms with van der Waals surface area (Å²) >= 11 is 0. The van der Waals surface area contributed by atoms with Crippen LogP contribution in [0.3, 0.4) is 0 Å². The molecule has 0 aliphatic rings. The molecule has 0 fully saturated rings. The van der Waals surface area contributed by atoms with E-state index in [1.54, 1.807) is 7.11 Å². The Balaban J connectivity index is 2.48. The maximum Gasteiger partial charge on any atom is 0.261 e. The smallest absolute Gasteiger partial charge is 0.261 e. The van der Waals surface area contributed by atoms with Crippen LogP contribution in [0, 0.1) is 6.92 Å². The van der Waals surface area contributed by atoms with Gasteiger partial charge in [-0.3, -0.25) is 0 Å². The third-order valence-corrected chi connectivity index (χ3v) is 2.69. The van der Waals surface area contributed by atoms with Crippen LogP contribution in [0.1, 0.15) is 23.6 Å². The average molecular weight is 259 g/mol. The van der Waals surface area contributed by atoms with Gasteiger partial charge in [0.25, 0.3) is 6.43 Å². The molecular formula is C13H19F2NO2. The van der Waals surface area contributed by atoms with Crippen molar-refractivity contribution in [3.8, 4) is 5.75 Å². The molecular weight excluding hydrogens is 240 g/mol. The van der Waals surface area contributed by atoms with Crippen molar-refractivity contribution in [2.24, 2.45) is 5.73 Å². The lowest BCUT2D eigenvalue weighted by molar-refractivity contribution is 0.0152. The van der Waals surface area contributed by atoms with Crippen LogP contribution in [0.4, 0.5) is 8.78 Å². The van der Waals surface area contributed by atoms with Crippen LogP contribution >= 0.6 is 0 Å². The fraction of sp³-hybridized carbons (Fsp3) is 0.538. The molecule has 2 N–H and O–H groups in total. The van der Waals surface area contributed by atoms with Crippen molar-refractivity contribution in [1.82, 2.24) is 0 Å². The van der Waals surface area contributed by atoms with Gasteiger partial charge in [0.05, 0.1) is 7.11 Å². The Morgan fingerprint density at radius 1 is 1.33 bits per heavy atom. The van der Waals surface area contributed by atoms with Crippen molar-refractivity contribution >= 4 is 0 Å². The zero-order valence-electron chi connectivity index (χ0n) is 10.7. The van der Waals surface area contributed by atoms with Crippen molar-refractivity contribution in [2.45, 2.75) is 25.8 Å². The van der Waals surface area contributed by atoms with E-state index >= 15 is 0 Å². The summed E-state index contributed by atoms with van der Waals surface area (Å²) in [4.78, 5) is 0. The van der Waals surface area contributed by atoms with Crippen LogP contribution in [0.2, 0.25) is 0 Å². The molecule has 5 heteroatoms. The van der Waals surface area contributed by atoms with E-state index in [4.69, 9.17) is 15.2 Å². The molecule has 0 aliphatic carbocycles. The Bertz CT molecular complexity index is 372.